The zero-order valence-electron chi connectivity index (χ0n) is 9.73. The van der Waals surface area contributed by atoms with Crippen molar-refractivity contribution in [2.24, 2.45) is 5.92 Å². The number of benzene rings is 1. The molecule has 2 aliphatic rings. The average molecular weight is 216 g/mol. The van der Waals surface area contributed by atoms with Crippen LogP contribution in [-0.4, -0.2) is 11.2 Å². The van der Waals surface area contributed by atoms with Crippen LogP contribution in [0, 0.1) is 5.92 Å². The van der Waals surface area contributed by atoms with Crippen molar-refractivity contribution in [2.45, 2.75) is 50.5 Å². The summed E-state index contributed by atoms with van der Waals surface area (Å²) in [6, 6.07) is 8.62. The van der Waals surface area contributed by atoms with Crippen LogP contribution in [0.1, 0.15) is 49.1 Å². The molecule has 0 aliphatic heterocycles. The smallest absolute Gasteiger partial charge is 0.0609 e. The summed E-state index contributed by atoms with van der Waals surface area (Å²) in [7, 11) is 0. The first-order valence-corrected chi connectivity index (χ1v) is 6.60. The molecule has 0 radical (unpaired) electrons. The van der Waals surface area contributed by atoms with E-state index in [9.17, 15) is 5.11 Å². The molecule has 2 atom stereocenters. The van der Waals surface area contributed by atoms with E-state index in [0.717, 1.165) is 25.2 Å². The molecule has 0 aromatic heterocycles. The maximum Gasteiger partial charge on any atom is 0.0609 e. The summed E-state index contributed by atoms with van der Waals surface area (Å²) in [5, 5.41) is 10.3. The molecular weight excluding hydrogens is 196 g/mol. The average Bonchev–Trinajstić information content (AvgIpc) is 3.04. The standard InChI is InChI=1S/C15H20O/c16-15(10-7-11-5-6-11)14-9-8-12-3-1-2-4-13(12)14/h1-4,11,14-16H,5-10H2. The van der Waals surface area contributed by atoms with E-state index in [1.165, 1.54) is 30.4 Å². The van der Waals surface area contributed by atoms with Crippen molar-refractivity contribution in [1.29, 1.82) is 0 Å². The molecule has 1 heteroatoms. The van der Waals surface area contributed by atoms with Gasteiger partial charge in [-0.2, -0.15) is 0 Å². The number of aliphatic hydroxyl groups is 1. The van der Waals surface area contributed by atoms with Crippen LogP contribution in [0.15, 0.2) is 24.3 Å². The second-order valence-corrected chi connectivity index (χ2v) is 5.43. The fourth-order valence-electron chi connectivity index (χ4n) is 3.00. The topological polar surface area (TPSA) is 20.2 Å². The lowest BCUT2D eigenvalue weighted by atomic mass is 9.92. The molecule has 1 N–H and O–H groups in total. The first-order valence-electron chi connectivity index (χ1n) is 6.60. The third kappa shape index (κ3) is 2.01. The minimum absolute atomic E-state index is 0.107. The van der Waals surface area contributed by atoms with Crippen LogP contribution < -0.4 is 0 Å². The number of hydrogen-bond donors (Lipinski definition) is 1. The summed E-state index contributed by atoms with van der Waals surface area (Å²) >= 11 is 0. The van der Waals surface area contributed by atoms with Crippen LogP contribution in [0.3, 0.4) is 0 Å². The highest BCUT2D eigenvalue weighted by atomic mass is 16.3. The van der Waals surface area contributed by atoms with Crippen LogP contribution in [0.5, 0.6) is 0 Å². The molecule has 1 aromatic rings. The van der Waals surface area contributed by atoms with Gasteiger partial charge in [0.15, 0.2) is 0 Å². The Morgan fingerprint density at radius 1 is 1.19 bits per heavy atom. The number of fused-ring (bicyclic) bond motifs is 1. The highest BCUT2D eigenvalue weighted by Gasteiger charge is 2.30. The molecule has 86 valence electrons. The predicted octanol–water partition coefficient (Wildman–Crippen LogP) is 3.27. The Labute approximate surface area is 97.5 Å². The van der Waals surface area contributed by atoms with E-state index in [0.29, 0.717) is 5.92 Å². The van der Waals surface area contributed by atoms with Crippen LogP contribution in [0.25, 0.3) is 0 Å². The van der Waals surface area contributed by atoms with Gasteiger partial charge in [0.25, 0.3) is 0 Å². The fourth-order valence-corrected chi connectivity index (χ4v) is 3.00. The maximum absolute atomic E-state index is 10.3. The number of aryl methyl sites for hydroxylation is 1. The molecule has 0 amide bonds. The minimum atomic E-state index is -0.107. The van der Waals surface area contributed by atoms with E-state index in [4.69, 9.17) is 0 Å². The molecular formula is C15H20O. The lowest BCUT2D eigenvalue weighted by Crippen LogP contribution is -2.16. The Balaban J connectivity index is 1.66. The Hall–Kier alpha value is -0.820. The third-order valence-corrected chi connectivity index (χ3v) is 4.21. The van der Waals surface area contributed by atoms with Gasteiger partial charge in [-0.1, -0.05) is 37.1 Å². The van der Waals surface area contributed by atoms with Gasteiger partial charge in [-0.15, -0.1) is 0 Å². The Kier molecular flexibility index (Phi) is 2.72. The summed E-state index contributed by atoms with van der Waals surface area (Å²) in [6.07, 6.45) is 7.22. The predicted molar refractivity (Wildman–Crippen MR) is 65.5 cm³/mol. The van der Waals surface area contributed by atoms with Crippen molar-refractivity contribution in [2.75, 3.05) is 0 Å². The molecule has 3 rings (SSSR count). The van der Waals surface area contributed by atoms with E-state index in [1.54, 1.807) is 0 Å². The van der Waals surface area contributed by atoms with E-state index < -0.39 is 0 Å². The van der Waals surface area contributed by atoms with Gasteiger partial charge >= 0.3 is 0 Å². The molecule has 16 heavy (non-hydrogen) atoms. The lowest BCUT2D eigenvalue weighted by Gasteiger charge is -2.19. The van der Waals surface area contributed by atoms with Crippen LogP contribution in [0.2, 0.25) is 0 Å². The molecule has 1 nitrogen and oxygen atoms in total. The Bertz CT molecular complexity index is 367. The normalized spacial score (nSPS) is 25.4. The van der Waals surface area contributed by atoms with Crippen molar-refractivity contribution in [3.05, 3.63) is 35.4 Å². The molecule has 2 unspecified atom stereocenters. The zero-order chi connectivity index (χ0) is 11.0. The summed E-state index contributed by atoms with van der Waals surface area (Å²) in [6.45, 7) is 0. The van der Waals surface area contributed by atoms with Gasteiger partial charge < -0.3 is 5.11 Å². The lowest BCUT2D eigenvalue weighted by molar-refractivity contribution is 0.129. The Morgan fingerprint density at radius 2 is 2.00 bits per heavy atom. The summed E-state index contributed by atoms with van der Waals surface area (Å²) < 4.78 is 0. The van der Waals surface area contributed by atoms with E-state index in [2.05, 4.69) is 24.3 Å². The zero-order valence-corrected chi connectivity index (χ0v) is 9.73. The van der Waals surface area contributed by atoms with Gasteiger partial charge in [0.05, 0.1) is 6.10 Å². The summed E-state index contributed by atoms with van der Waals surface area (Å²) in [5.74, 6) is 1.35. The van der Waals surface area contributed by atoms with Crippen molar-refractivity contribution in [1.82, 2.24) is 0 Å². The summed E-state index contributed by atoms with van der Waals surface area (Å²) in [4.78, 5) is 0. The number of rotatable bonds is 4. The van der Waals surface area contributed by atoms with E-state index in [1.807, 2.05) is 0 Å². The van der Waals surface area contributed by atoms with Gasteiger partial charge in [-0.25, -0.2) is 0 Å². The minimum Gasteiger partial charge on any atom is -0.392 e. The molecule has 2 aliphatic carbocycles. The highest BCUT2D eigenvalue weighted by Crippen LogP contribution is 2.39. The Morgan fingerprint density at radius 3 is 2.81 bits per heavy atom. The maximum atomic E-state index is 10.3. The van der Waals surface area contributed by atoms with Crippen molar-refractivity contribution >= 4 is 0 Å². The molecule has 0 spiro atoms. The monoisotopic (exact) mass is 216 g/mol. The third-order valence-electron chi connectivity index (χ3n) is 4.21. The fraction of sp³-hybridized carbons (Fsp3) is 0.600. The van der Waals surface area contributed by atoms with Crippen molar-refractivity contribution in [3.8, 4) is 0 Å². The number of hydrogen-bond acceptors (Lipinski definition) is 1. The van der Waals surface area contributed by atoms with Gasteiger partial charge in [0, 0.05) is 5.92 Å². The first-order chi connectivity index (χ1) is 7.84. The van der Waals surface area contributed by atoms with Crippen molar-refractivity contribution < 1.29 is 5.11 Å². The second-order valence-electron chi connectivity index (χ2n) is 5.43. The number of aliphatic hydroxyl groups excluding tert-OH is 1. The molecule has 0 saturated heterocycles. The van der Waals surface area contributed by atoms with Crippen LogP contribution in [0.4, 0.5) is 0 Å². The van der Waals surface area contributed by atoms with Crippen molar-refractivity contribution in [3.63, 3.8) is 0 Å². The van der Waals surface area contributed by atoms with Gasteiger partial charge in [-0.05, 0) is 42.7 Å². The van der Waals surface area contributed by atoms with Gasteiger partial charge in [0.1, 0.15) is 0 Å². The molecule has 1 saturated carbocycles. The molecule has 1 aromatic carbocycles. The molecule has 1 fully saturated rings. The van der Waals surface area contributed by atoms with Crippen LogP contribution >= 0.6 is 0 Å². The summed E-state index contributed by atoms with van der Waals surface area (Å²) in [5.41, 5.74) is 2.86. The van der Waals surface area contributed by atoms with Gasteiger partial charge in [0.2, 0.25) is 0 Å². The molecule has 0 heterocycles. The van der Waals surface area contributed by atoms with Gasteiger partial charge in [-0.3, -0.25) is 0 Å². The molecule has 0 bridgehead atoms. The second kappa shape index (κ2) is 4.21. The first kappa shape index (κ1) is 10.3. The highest BCUT2D eigenvalue weighted by molar-refractivity contribution is 5.35. The largest absolute Gasteiger partial charge is 0.392 e. The quantitative estimate of drug-likeness (QED) is 0.819. The SMILES string of the molecule is OC(CCC1CC1)C1CCc2ccccc21. The van der Waals surface area contributed by atoms with E-state index >= 15 is 0 Å². The van der Waals surface area contributed by atoms with Crippen LogP contribution in [-0.2, 0) is 6.42 Å². The van der Waals surface area contributed by atoms with E-state index in [-0.39, 0.29) is 6.10 Å².